The highest BCUT2D eigenvalue weighted by Gasteiger charge is 2.47. The lowest BCUT2D eigenvalue weighted by molar-refractivity contribution is -0.195. The average Bonchev–Trinajstić information content (AvgIpc) is 2.58. The fourth-order valence-corrected chi connectivity index (χ4v) is 3.18. The van der Waals surface area contributed by atoms with E-state index in [-0.39, 0.29) is 25.1 Å². The minimum Gasteiger partial charge on any atom is -0.456 e. The van der Waals surface area contributed by atoms with Gasteiger partial charge in [-0.25, -0.2) is 4.79 Å². The number of nitrogens with zero attached hydrogens (tertiary/aromatic N) is 1. The number of rotatable bonds is 2. The average molecular weight is 319 g/mol. The van der Waals surface area contributed by atoms with Gasteiger partial charge < -0.3 is 19.5 Å². The summed E-state index contributed by atoms with van der Waals surface area (Å²) in [6.07, 6.45) is 0.548. The van der Waals surface area contributed by atoms with E-state index in [0.717, 1.165) is 5.56 Å². The Balaban J connectivity index is 1.52. The molecule has 6 heteroatoms. The van der Waals surface area contributed by atoms with Gasteiger partial charge in [-0.1, -0.05) is 30.3 Å². The zero-order valence-electron chi connectivity index (χ0n) is 12.9. The number of carbonyl (C=O) groups excluding carboxylic acids is 2. The summed E-state index contributed by atoms with van der Waals surface area (Å²) in [5, 5.41) is 10.2. The van der Waals surface area contributed by atoms with Crippen molar-refractivity contribution >= 4 is 12.1 Å². The van der Waals surface area contributed by atoms with Crippen LogP contribution in [0.5, 0.6) is 0 Å². The van der Waals surface area contributed by atoms with Crippen LogP contribution >= 0.6 is 0 Å². The molecule has 0 radical (unpaired) electrons. The molecule has 1 unspecified atom stereocenters. The summed E-state index contributed by atoms with van der Waals surface area (Å²) in [4.78, 5) is 25.2. The van der Waals surface area contributed by atoms with Crippen molar-refractivity contribution in [3.05, 3.63) is 35.9 Å². The summed E-state index contributed by atoms with van der Waals surface area (Å²) in [6, 6.07) is 9.50. The highest BCUT2D eigenvalue weighted by Crippen LogP contribution is 2.35. The lowest BCUT2D eigenvalue weighted by atomic mass is 9.82. The third-order valence-corrected chi connectivity index (χ3v) is 4.62. The minimum absolute atomic E-state index is 0.235. The molecule has 1 amide bonds. The van der Waals surface area contributed by atoms with Gasteiger partial charge >= 0.3 is 12.1 Å². The molecule has 1 aromatic carbocycles. The van der Waals surface area contributed by atoms with Crippen LogP contribution in [-0.4, -0.2) is 46.9 Å². The van der Waals surface area contributed by atoms with Crippen LogP contribution in [0, 0.1) is 0 Å². The number of likely N-dealkylation sites (tertiary alicyclic amines) is 1. The summed E-state index contributed by atoms with van der Waals surface area (Å²) in [5.74, 6) is -0.268. The summed E-state index contributed by atoms with van der Waals surface area (Å²) < 4.78 is 10.7. The first-order valence-electron chi connectivity index (χ1n) is 7.95. The first kappa shape index (κ1) is 15.8. The maximum Gasteiger partial charge on any atom is 0.410 e. The van der Waals surface area contributed by atoms with E-state index < -0.39 is 11.7 Å². The molecule has 1 N–H and O–H groups in total. The number of hydrogen-bond donors (Lipinski definition) is 1. The first-order valence-corrected chi connectivity index (χ1v) is 7.95. The monoisotopic (exact) mass is 319 g/mol. The van der Waals surface area contributed by atoms with Crippen molar-refractivity contribution in [3.8, 4) is 0 Å². The molecule has 3 rings (SSSR count). The first-order chi connectivity index (χ1) is 11.1. The van der Waals surface area contributed by atoms with Gasteiger partial charge in [-0.05, 0) is 12.0 Å². The van der Waals surface area contributed by atoms with Gasteiger partial charge in [-0.3, -0.25) is 4.79 Å². The molecular weight excluding hydrogens is 298 g/mol. The van der Waals surface area contributed by atoms with Crippen LogP contribution in [0.25, 0.3) is 0 Å². The Labute approximate surface area is 135 Å². The SMILES string of the molecule is O=C1CCC(O)C2(CCN(C(=O)OCc3ccccc3)CC2)O1. The van der Waals surface area contributed by atoms with Crippen molar-refractivity contribution in [2.45, 2.75) is 44.0 Å². The van der Waals surface area contributed by atoms with Gasteiger partial charge in [0.25, 0.3) is 0 Å². The molecule has 0 bridgehead atoms. The summed E-state index contributed by atoms with van der Waals surface area (Å²) in [6.45, 7) is 1.06. The molecule has 1 atom stereocenters. The number of carbonyl (C=O) groups is 2. The number of benzene rings is 1. The van der Waals surface area contributed by atoms with Crippen molar-refractivity contribution in [2.75, 3.05) is 13.1 Å². The van der Waals surface area contributed by atoms with E-state index in [1.165, 1.54) is 0 Å². The maximum absolute atomic E-state index is 12.1. The number of aliphatic hydroxyl groups excluding tert-OH is 1. The van der Waals surface area contributed by atoms with Gasteiger partial charge in [-0.15, -0.1) is 0 Å². The van der Waals surface area contributed by atoms with E-state index >= 15 is 0 Å². The highest BCUT2D eigenvalue weighted by atomic mass is 16.6. The number of aliphatic hydroxyl groups is 1. The van der Waals surface area contributed by atoms with Crippen LogP contribution < -0.4 is 0 Å². The maximum atomic E-state index is 12.1. The van der Waals surface area contributed by atoms with E-state index in [1.54, 1.807) is 4.90 Å². The largest absolute Gasteiger partial charge is 0.456 e. The molecule has 6 nitrogen and oxygen atoms in total. The summed E-state index contributed by atoms with van der Waals surface area (Å²) in [5.41, 5.74) is 0.108. The summed E-state index contributed by atoms with van der Waals surface area (Å²) in [7, 11) is 0. The molecule has 124 valence electrons. The molecule has 2 fully saturated rings. The molecule has 2 heterocycles. The van der Waals surface area contributed by atoms with E-state index in [0.29, 0.717) is 32.4 Å². The predicted octanol–water partition coefficient (Wildman–Crippen LogP) is 1.86. The van der Waals surface area contributed by atoms with Gasteiger partial charge in [0.15, 0.2) is 0 Å². The smallest absolute Gasteiger partial charge is 0.410 e. The molecule has 1 spiro atoms. The van der Waals surface area contributed by atoms with Gasteiger partial charge in [0.2, 0.25) is 0 Å². The van der Waals surface area contributed by atoms with Gasteiger partial charge in [-0.2, -0.15) is 0 Å². The highest BCUT2D eigenvalue weighted by molar-refractivity contribution is 5.71. The van der Waals surface area contributed by atoms with Crippen molar-refractivity contribution < 1.29 is 24.2 Å². The molecule has 23 heavy (non-hydrogen) atoms. The standard InChI is InChI=1S/C17H21NO5/c19-14-6-7-15(20)23-17(14)8-10-18(11-9-17)16(21)22-12-13-4-2-1-3-5-13/h1-5,14,19H,6-12H2. The molecule has 0 aliphatic carbocycles. The van der Waals surface area contributed by atoms with E-state index in [2.05, 4.69) is 0 Å². The zero-order chi connectivity index (χ0) is 16.3. The van der Waals surface area contributed by atoms with Gasteiger partial charge in [0.05, 0.1) is 6.10 Å². The van der Waals surface area contributed by atoms with Crippen LogP contribution in [0.4, 0.5) is 4.79 Å². The molecule has 2 aliphatic rings. The van der Waals surface area contributed by atoms with E-state index in [9.17, 15) is 14.7 Å². The van der Waals surface area contributed by atoms with Crippen molar-refractivity contribution in [1.82, 2.24) is 4.90 Å². The Bertz CT molecular complexity index is 566. The lowest BCUT2D eigenvalue weighted by Gasteiger charge is -2.45. The van der Waals surface area contributed by atoms with E-state index in [1.807, 2.05) is 30.3 Å². The number of ether oxygens (including phenoxy) is 2. The quantitative estimate of drug-likeness (QED) is 0.842. The Morgan fingerprint density at radius 3 is 2.70 bits per heavy atom. The Hall–Kier alpha value is -2.08. The topological polar surface area (TPSA) is 76.1 Å². The fraction of sp³-hybridized carbons (Fsp3) is 0.529. The Morgan fingerprint density at radius 2 is 2.00 bits per heavy atom. The van der Waals surface area contributed by atoms with Crippen molar-refractivity contribution in [1.29, 1.82) is 0 Å². The predicted molar refractivity (Wildman–Crippen MR) is 81.5 cm³/mol. The Kier molecular flexibility index (Phi) is 4.52. The van der Waals surface area contributed by atoms with Crippen LogP contribution in [0.3, 0.4) is 0 Å². The molecule has 0 aromatic heterocycles. The molecule has 2 aliphatic heterocycles. The van der Waals surface area contributed by atoms with Crippen LogP contribution in [0.1, 0.15) is 31.2 Å². The molecule has 0 saturated carbocycles. The van der Waals surface area contributed by atoms with Gasteiger partial charge in [0, 0.05) is 32.4 Å². The van der Waals surface area contributed by atoms with Gasteiger partial charge in [0.1, 0.15) is 12.2 Å². The molecular formula is C17H21NO5. The van der Waals surface area contributed by atoms with Crippen LogP contribution in [-0.2, 0) is 20.9 Å². The normalized spacial score (nSPS) is 23.4. The lowest BCUT2D eigenvalue weighted by Crippen LogP contribution is -2.57. The number of amides is 1. The molecule has 1 aromatic rings. The fourth-order valence-electron chi connectivity index (χ4n) is 3.18. The minimum atomic E-state index is -0.828. The number of hydrogen-bond acceptors (Lipinski definition) is 5. The molecule has 2 saturated heterocycles. The second kappa shape index (κ2) is 6.58. The number of piperidine rings is 1. The second-order valence-electron chi connectivity index (χ2n) is 6.12. The number of esters is 1. The third kappa shape index (κ3) is 3.47. The van der Waals surface area contributed by atoms with Crippen LogP contribution in [0.2, 0.25) is 0 Å². The summed E-state index contributed by atoms with van der Waals surface area (Å²) >= 11 is 0. The Morgan fingerprint density at radius 1 is 1.30 bits per heavy atom. The third-order valence-electron chi connectivity index (χ3n) is 4.62. The second-order valence-corrected chi connectivity index (χ2v) is 6.12. The van der Waals surface area contributed by atoms with Crippen molar-refractivity contribution in [3.63, 3.8) is 0 Å². The van der Waals surface area contributed by atoms with E-state index in [4.69, 9.17) is 9.47 Å². The van der Waals surface area contributed by atoms with Crippen molar-refractivity contribution in [2.24, 2.45) is 0 Å². The zero-order valence-corrected chi connectivity index (χ0v) is 12.9. The van der Waals surface area contributed by atoms with Crippen LogP contribution in [0.15, 0.2) is 30.3 Å².